The zero-order valence-electron chi connectivity index (χ0n) is 15.8. The summed E-state index contributed by atoms with van der Waals surface area (Å²) in [7, 11) is 0. The first-order valence-electron chi connectivity index (χ1n) is 9.71. The molecule has 0 bridgehead atoms. The molecular formula is C22H34Rh2S2-2. The van der Waals surface area contributed by atoms with Gasteiger partial charge in [0, 0.05) is 39.0 Å². The van der Waals surface area contributed by atoms with Gasteiger partial charge in [-0.15, -0.1) is 0 Å². The maximum atomic E-state index is 5.11. The first kappa shape index (κ1) is 30.1. The van der Waals surface area contributed by atoms with E-state index in [1.807, 2.05) is 0 Å². The van der Waals surface area contributed by atoms with Crippen LogP contribution in [0.4, 0.5) is 0 Å². The van der Waals surface area contributed by atoms with Gasteiger partial charge in [0.2, 0.25) is 0 Å². The Hall–Kier alpha value is 1.95. The Bertz CT molecular complexity index is 201. The smallest absolute Gasteiger partial charge is 0 e. The van der Waals surface area contributed by atoms with Gasteiger partial charge < -0.3 is 25.3 Å². The molecule has 4 heteroatoms. The fraction of sp³-hybridized carbons (Fsp3) is 0.636. The minimum atomic E-state index is -0.155. The van der Waals surface area contributed by atoms with Gasteiger partial charge in [-0.3, -0.25) is 4.08 Å². The van der Waals surface area contributed by atoms with E-state index >= 15 is 0 Å². The summed E-state index contributed by atoms with van der Waals surface area (Å²) in [6.07, 6.45) is 34.0. The molecular weight excluding hydrogens is 534 g/mol. The predicted molar refractivity (Wildman–Crippen MR) is 112 cm³/mol. The molecule has 10 radical (unpaired) electrons. The van der Waals surface area contributed by atoms with E-state index in [2.05, 4.69) is 51.4 Å². The Morgan fingerprint density at radius 1 is 0.423 bits per heavy atom. The van der Waals surface area contributed by atoms with E-state index in [0.717, 1.165) is 12.8 Å². The molecule has 0 aromatic heterocycles. The van der Waals surface area contributed by atoms with Crippen LogP contribution in [-0.2, 0) is 64.2 Å². The van der Waals surface area contributed by atoms with Gasteiger partial charge in [-0.1, -0.05) is 32.1 Å². The van der Waals surface area contributed by atoms with Gasteiger partial charge >= 0.3 is 0 Å². The predicted octanol–water partition coefficient (Wildman–Crippen LogP) is 6.49. The van der Waals surface area contributed by atoms with Crippen molar-refractivity contribution in [2.45, 2.75) is 87.5 Å². The van der Waals surface area contributed by atoms with Gasteiger partial charge in [0.05, 0.1) is 0 Å². The molecule has 0 heterocycles. The van der Waals surface area contributed by atoms with Crippen LogP contribution < -0.4 is 0 Å². The van der Waals surface area contributed by atoms with E-state index in [-0.39, 0.29) is 43.0 Å². The molecule has 26 heavy (non-hydrogen) atoms. The molecule has 0 unspecified atom stereocenters. The van der Waals surface area contributed by atoms with Crippen LogP contribution in [0.5, 0.6) is 0 Å². The van der Waals surface area contributed by atoms with Crippen molar-refractivity contribution in [2.75, 3.05) is 0 Å². The van der Waals surface area contributed by atoms with E-state index < -0.39 is 0 Å². The second-order valence-corrected chi connectivity index (χ2v) is 8.49. The van der Waals surface area contributed by atoms with Gasteiger partial charge in [0.25, 0.3) is 0 Å². The second-order valence-electron chi connectivity index (χ2n) is 6.67. The standard InChI is InChI=1S/2C8H12.C6H12S2.2Rh/c2*1-2-4-6-8-7-5-3-1;7-6(8)4-2-1-3-5-6;;/h2*1-2,7-8H,3-6H2;7-8H,1-5H2;;/p-2. The van der Waals surface area contributed by atoms with Crippen molar-refractivity contribution < 1.29 is 39.0 Å². The minimum Gasteiger partial charge on any atom is -0.811 e. The minimum absolute atomic E-state index is 0. The third kappa shape index (κ3) is 20.7. The van der Waals surface area contributed by atoms with Crippen LogP contribution in [0.25, 0.3) is 0 Å². The molecule has 3 saturated carbocycles. The van der Waals surface area contributed by atoms with Crippen molar-refractivity contribution in [3.63, 3.8) is 0 Å². The van der Waals surface area contributed by atoms with E-state index in [1.165, 1.54) is 70.6 Å². The van der Waals surface area contributed by atoms with Crippen LogP contribution in [0.3, 0.4) is 0 Å². The van der Waals surface area contributed by atoms with Crippen molar-refractivity contribution >= 4 is 25.3 Å². The van der Waals surface area contributed by atoms with Crippen molar-refractivity contribution in [1.29, 1.82) is 0 Å². The molecule has 0 amide bonds. The van der Waals surface area contributed by atoms with Crippen molar-refractivity contribution in [1.82, 2.24) is 0 Å². The van der Waals surface area contributed by atoms with Gasteiger partial charge in [0.1, 0.15) is 0 Å². The quantitative estimate of drug-likeness (QED) is 0.242. The Morgan fingerprint density at radius 2 is 0.654 bits per heavy atom. The Kier molecular flexibility index (Phi) is 25.1. The maximum absolute atomic E-state index is 5.11. The molecule has 0 atom stereocenters. The fourth-order valence-electron chi connectivity index (χ4n) is 2.80. The van der Waals surface area contributed by atoms with Crippen molar-refractivity contribution in [2.24, 2.45) is 0 Å². The second kappa shape index (κ2) is 21.7. The molecule has 0 aromatic rings. The SMILES string of the molecule is [CH]1[CH]CC[CH][CH]CC1.[CH]1[CH]CC[CH][CH]CC1.[Rh].[Rh].[S-]C1([S-])CCCCC1. The average Bonchev–Trinajstić information content (AvgIpc) is 2.46. The molecule has 3 rings (SSSR count). The van der Waals surface area contributed by atoms with Crippen LogP contribution in [0, 0.1) is 51.4 Å². The molecule has 154 valence electrons. The zero-order valence-corrected chi connectivity index (χ0v) is 20.7. The average molecular weight is 568 g/mol. The molecule has 0 saturated heterocycles. The monoisotopic (exact) mass is 568 g/mol. The number of hydrogen-bond donors (Lipinski definition) is 0. The Balaban J connectivity index is 0. The van der Waals surface area contributed by atoms with Gasteiger partial charge in [-0.2, -0.15) is 0 Å². The van der Waals surface area contributed by atoms with Gasteiger partial charge in [-0.25, -0.2) is 0 Å². The normalized spacial score (nSPS) is 23.3. The zero-order chi connectivity index (χ0) is 17.3. The summed E-state index contributed by atoms with van der Waals surface area (Å²) in [4.78, 5) is 0. The van der Waals surface area contributed by atoms with E-state index in [1.54, 1.807) is 0 Å². The van der Waals surface area contributed by atoms with Crippen LogP contribution in [0.1, 0.15) is 83.5 Å². The summed E-state index contributed by atoms with van der Waals surface area (Å²) in [5.74, 6) is 0. The summed E-state index contributed by atoms with van der Waals surface area (Å²) in [5, 5.41) is 0. The summed E-state index contributed by atoms with van der Waals surface area (Å²) in [6, 6.07) is 0. The molecule has 3 aliphatic carbocycles. The summed E-state index contributed by atoms with van der Waals surface area (Å²) < 4.78 is -0.155. The Morgan fingerprint density at radius 3 is 0.808 bits per heavy atom. The number of hydrogen-bond acceptors (Lipinski definition) is 2. The van der Waals surface area contributed by atoms with E-state index in [0.29, 0.717) is 0 Å². The van der Waals surface area contributed by atoms with Gasteiger partial charge in [0.15, 0.2) is 0 Å². The molecule has 0 aliphatic heterocycles. The summed E-state index contributed by atoms with van der Waals surface area (Å²) >= 11 is 10.2. The van der Waals surface area contributed by atoms with Crippen LogP contribution in [0.15, 0.2) is 0 Å². The summed E-state index contributed by atoms with van der Waals surface area (Å²) in [5.41, 5.74) is 0. The van der Waals surface area contributed by atoms with Crippen LogP contribution in [0.2, 0.25) is 0 Å². The first-order valence-corrected chi connectivity index (χ1v) is 10.5. The maximum Gasteiger partial charge on any atom is 0 e. The van der Waals surface area contributed by atoms with E-state index in [4.69, 9.17) is 25.3 Å². The third-order valence-corrected chi connectivity index (χ3v) is 5.10. The molecule has 0 N–H and O–H groups in total. The molecule has 0 spiro atoms. The topological polar surface area (TPSA) is 0 Å². The van der Waals surface area contributed by atoms with Crippen LogP contribution >= 0.6 is 0 Å². The Labute approximate surface area is 201 Å². The molecule has 0 nitrogen and oxygen atoms in total. The van der Waals surface area contributed by atoms with E-state index in [9.17, 15) is 0 Å². The van der Waals surface area contributed by atoms with Crippen molar-refractivity contribution in [3.8, 4) is 0 Å². The molecule has 3 aliphatic rings. The van der Waals surface area contributed by atoms with Crippen molar-refractivity contribution in [3.05, 3.63) is 51.4 Å². The molecule has 3 fully saturated rings. The fourth-order valence-corrected chi connectivity index (χ4v) is 3.38. The first-order chi connectivity index (χ1) is 11.7. The van der Waals surface area contributed by atoms with Gasteiger partial charge in [-0.05, 0) is 103 Å². The largest absolute Gasteiger partial charge is 0.811 e. The number of rotatable bonds is 0. The summed E-state index contributed by atoms with van der Waals surface area (Å²) in [6.45, 7) is 0. The third-order valence-electron chi connectivity index (χ3n) is 4.28. The molecule has 0 aromatic carbocycles. The van der Waals surface area contributed by atoms with Crippen LogP contribution in [-0.4, -0.2) is 4.08 Å².